The maximum absolute atomic E-state index is 12.7. The van der Waals surface area contributed by atoms with Gasteiger partial charge in [0.15, 0.2) is 0 Å². The lowest BCUT2D eigenvalue weighted by Crippen LogP contribution is -2.47. The lowest BCUT2D eigenvalue weighted by Gasteiger charge is -2.42. The summed E-state index contributed by atoms with van der Waals surface area (Å²) in [5.41, 5.74) is 2.10. The number of aliphatic hydroxyl groups excluding tert-OH is 1. The monoisotopic (exact) mass is 368 g/mol. The molecule has 0 bridgehead atoms. The summed E-state index contributed by atoms with van der Waals surface area (Å²) in [5, 5.41) is 10.0. The molecule has 0 saturated carbocycles. The number of carbonyl (C=O) groups excluding carboxylic acids is 1. The van der Waals surface area contributed by atoms with Crippen molar-refractivity contribution in [1.82, 2.24) is 9.80 Å². The number of hydrogen-bond donors (Lipinski definition) is 1. The zero-order chi connectivity index (χ0) is 18.9. The molecule has 1 atom stereocenters. The average molecular weight is 368 g/mol. The Morgan fingerprint density at radius 1 is 1.22 bits per heavy atom. The number of aryl methyl sites for hydroxylation is 1. The minimum atomic E-state index is 0.0655. The summed E-state index contributed by atoms with van der Waals surface area (Å²) < 4.78 is 5.29. The SMILES string of the molecule is Cc1occc1C(=O)N1CCC2(CC1)CN(Cc1ccccc1)CC2CO. The lowest BCUT2D eigenvalue weighted by molar-refractivity contribution is 0.0400. The van der Waals surface area contributed by atoms with E-state index in [0.717, 1.165) is 45.6 Å². The van der Waals surface area contributed by atoms with Crippen LogP contribution >= 0.6 is 0 Å². The maximum atomic E-state index is 12.7. The van der Waals surface area contributed by atoms with Crippen LogP contribution in [-0.2, 0) is 6.54 Å². The molecule has 2 aliphatic rings. The van der Waals surface area contributed by atoms with Crippen LogP contribution in [0.3, 0.4) is 0 Å². The molecular formula is C22H28N2O3. The van der Waals surface area contributed by atoms with Crippen LogP contribution in [0.15, 0.2) is 47.1 Å². The molecule has 2 aliphatic heterocycles. The fourth-order valence-corrected chi connectivity index (χ4v) is 4.86. The van der Waals surface area contributed by atoms with E-state index < -0.39 is 0 Å². The van der Waals surface area contributed by atoms with Gasteiger partial charge in [-0.25, -0.2) is 0 Å². The predicted molar refractivity (Wildman–Crippen MR) is 103 cm³/mol. The Bertz CT molecular complexity index is 778. The van der Waals surface area contributed by atoms with E-state index in [9.17, 15) is 9.90 Å². The number of furan rings is 1. The zero-order valence-electron chi connectivity index (χ0n) is 15.9. The highest BCUT2D eigenvalue weighted by Gasteiger charge is 2.48. The van der Waals surface area contributed by atoms with Gasteiger partial charge in [0, 0.05) is 45.2 Å². The Morgan fingerprint density at radius 2 is 1.96 bits per heavy atom. The van der Waals surface area contributed by atoms with Crippen molar-refractivity contribution < 1.29 is 14.3 Å². The van der Waals surface area contributed by atoms with Crippen LogP contribution in [0.1, 0.15) is 34.5 Å². The smallest absolute Gasteiger partial charge is 0.257 e. The number of nitrogens with zero attached hydrogens (tertiary/aromatic N) is 2. The number of likely N-dealkylation sites (tertiary alicyclic amines) is 2. The van der Waals surface area contributed by atoms with Crippen LogP contribution in [-0.4, -0.2) is 53.6 Å². The molecular weight excluding hydrogens is 340 g/mol. The van der Waals surface area contributed by atoms with E-state index in [-0.39, 0.29) is 23.8 Å². The molecule has 1 N–H and O–H groups in total. The number of piperidine rings is 1. The fraction of sp³-hybridized carbons (Fsp3) is 0.500. The predicted octanol–water partition coefficient (Wildman–Crippen LogP) is 2.93. The largest absolute Gasteiger partial charge is 0.469 e. The molecule has 2 aromatic rings. The minimum Gasteiger partial charge on any atom is -0.469 e. The van der Waals surface area contributed by atoms with Crippen molar-refractivity contribution >= 4 is 5.91 Å². The molecule has 27 heavy (non-hydrogen) atoms. The quantitative estimate of drug-likeness (QED) is 0.902. The van der Waals surface area contributed by atoms with E-state index in [4.69, 9.17) is 4.42 Å². The molecule has 1 aromatic heterocycles. The summed E-state index contributed by atoms with van der Waals surface area (Å²) in [6, 6.07) is 12.3. The molecule has 1 spiro atoms. The maximum Gasteiger partial charge on any atom is 0.257 e. The lowest BCUT2D eigenvalue weighted by atomic mass is 9.71. The van der Waals surface area contributed by atoms with Gasteiger partial charge in [0.1, 0.15) is 5.76 Å². The summed E-state index contributed by atoms with van der Waals surface area (Å²) >= 11 is 0. The van der Waals surface area contributed by atoms with Gasteiger partial charge in [0.25, 0.3) is 5.91 Å². The second-order valence-corrected chi connectivity index (χ2v) is 8.08. The standard InChI is InChI=1S/C22H28N2O3/c1-17-20(7-12-27-17)21(26)24-10-8-22(9-11-24)16-23(14-19(22)15-25)13-18-5-3-2-4-6-18/h2-7,12,19,25H,8-11,13-16H2,1H3. The van der Waals surface area contributed by atoms with Gasteiger partial charge in [0.05, 0.1) is 11.8 Å². The summed E-state index contributed by atoms with van der Waals surface area (Å²) in [6.07, 6.45) is 3.48. The van der Waals surface area contributed by atoms with Crippen molar-refractivity contribution in [3.8, 4) is 0 Å². The van der Waals surface area contributed by atoms with Gasteiger partial charge >= 0.3 is 0 Å². The molecule has 0 radical (unpaired) electrons. The third kappa shape index (κ3) is 3.54. The third-order valence-electron chi connectivity index (χ3n) is 6.49. The van der Waals surface area contributed by atoms with E-state index in [1.807, 2.05) is 17.9 Å². The number of hydrogen-bond acceptors (Lipinski definition) is 4. The first-order valence-corrected chi connectivity index (χ1v) is 9.82. The molecule has 5 heteroatoms. The average Bonchev–Trinajstić information content (AvgIpc) is 3.26. The summed E-state index contributed by atoms with van der Waals surface area (Å²) in [5.74, 6) is 1.04. The third-order valence-corrected chi connectivity index (χ3v) is 6.49. The molecule has 144 valence electrons. The van der Waals surface area contributed by atoms with Crippen LogP contribution in [0.2, 0.25) is 0 Å². The highest BCUT2D eigenvalue weighted by Crippen LogP contribution is 2.45. The van der Waals surface area contributed by atoms with Crippen LogP contribution in [0.5, 0.6) is 0 Å². The first kappa shape index (κ1) is 18.3. The molecule has 1 amide bonds. The van der Waals surface area contributed by atoms with E-state index in [1.165, 1.54) is 5.56 Å². The highest BCUT2D eigenvalue weighted by molar-refractivity contribution is 5.95. The van der Waals surface area contributed by atoms with Gasteiger partial charge in [-0.15, -0.1) is 0 Å². The number of aliphatic hydroxyl groups is 1. The van der Waals surface area contributed by atoms with Crippen molar-refractivity contribution in [2.45, 2.75) is 26.3 Å². The minimum absolute atomic E-state index is 0.0655. The van der Waals surface area contributed by atoms with Crippen LogP contribution < -0.4 is 0 Å². The number of benzene rings is 1. The van der Waals surface area contributed by atoms with Crippen LogP contribution in [0, 0.1) is 18.3 Å². The summed E-state index contributed by atoms with van der Waals surface area (Å²) in [6.45, 7) is 6.41. The number of rotatable bonds is 4. The Labute approximate surface area is 160 Å². The van der Waals surface area contributed by atoms with Crippen molar-refractivity contribution in [3.63, 3.8) is 0 Å². The Morgan fingerprint density at radius 3 is 2.59 bits per heavy atom. The number of amides is 1. The van der Waals surface area contributed by atoms with Gasteiger partial charge in [-0.1, -0.05) is 30.3 Å². The van der Waals surface area contributed by atoms with Crippen molar-refractivity contribution in [3.05, 3.63) is 59.5 Å². The van der Waals surface area contributed by atoms with E-state index in [0.29, 0.717) is 11.3 Å². The molecule has 1 aromatic carbocycles. The van der Waals surface area contributed by atoms with E-state index in [2.05, 4.69) is 29.2 Å². The molecule has 2 saturated heterocycles. The first-order valence-electron chi connectivity index (χ1n) is 9.82. The van der Waals surface area contributed by atoms with Gasteiger partial charge in [-0.05, 0) is 36.8 Å². The van der Waals surface area contributed by atoms with Gasteiger partial charge in [-0.2, -0.15) is 0 Å². The molecule has 3 heterocycles. The second-order valence-electron chi connectivity index (χ2n) is 8.08. The van der Waals surface area contributed by atoms with E-state index >= 15 is 0 Å². The van der Waals surface area contributed by atoms with Gasteiger partial charge in [0.2, 0.25) is 0 Å². The molecule has 1 unspecified atom stereocenters. The fourth-order valence-electron chi connectivity index (χ4n) is 4.86. The summed E-state index contributed by atoms with van der Waals surface area (Å²) in [4.78, 5) is 17.2. The highest BCUT2D eigenvalue weighted by atomic mass is 16.3. The Hall–Kier alpha value is -2.11. The Kier molecular flexibility index (Phi) is 5.06. The zero-order valence-corrected chi connectivity index (χ0v) is 15.9. The van der Waals surface area contributed by atoms with Crippen LogP contribution in [0.4, 0.5) is 0 Å². The molecule has 0 aliphatic carbocycles. The molecule has 5 nitrogen and oxygen atoms in total. The number of carbonyl (C=O) groups is 1. The Balaban J connectivity index is 1.41. The topological polar surface area (TPSA) is 56.9 Å². The normalized spacial score (nSPS) is 22.4. The second kappa shape index (κ2) is 7.49. The van der Waals surface area contributed by atoms with Crippen LogP contribution in [0.25, 0.3) is 0 Å². The van der Waals surface area contributed by atoms with Crippen molar-refractivity contribution in [1.29, 1.82) is 0 Å². The molecule has 2 fully saturated rings. The van der Waals surface area contributed by atoms with Gasteiger partial charge in [-0.3, -0.25) is 9.69 Å². The van der Waals surface area contributed by atoms with Crippen molar-refractivity contribution in [2.24, 2.45) is 11.3 Å². The first-order chi connectivity index (χ1) is 13.1. The van der Waals surface area contributed by atoms with Gasteiger partial charge < -0.3 is 14.4 Å². The van der Waals surface area contributed by atoms with Crippen molar-refractivity contribution in [2.75, 3.05) is 32.8 Å². The summed E-state index contributed by atoms with van der Waals surface area (Å²) in [7, 11) is 0. The molecule has 4 rings (SSSR count). The van der Waals surface area contributed by atoms with E-state index in [1.54, 1.807) is 12.3 Å².